The third kappa shape index (κ3) is 9.34. The van der Waals surface area contributed by atoms with Crippen molar-refractivity contribution in [3.8, 4) is 0 Å². The Hall–Kier alpha value is -2.90. The van der Waals surface area contributed by atoms with E-state index in [4.69, 9.17) is 0 Å². The third-order valence-electron chi connectivity index (χ3n) is 8.78. The summed E-state index contributed by atoms with van der Waals surface area (Å²) in [5, 5.41) is 10.3. The Balaban J connectivity index is 1.88. The van der Waals surface area contributed by atoms with E-state index in [0.717, 1.165) is 6.42 Å². The summed E-state index contributed by atoms with van der Waals surface area (Å²) in [6.07, 6.45) is 31.8. The van der Waals surface area contributed by atoms with Crippen LogP contribution in [0.3, 0.4) is 0 Å². The second-order valence-corrected chi connectivity index (χ2v) is 13.1. The second-order valence-electron chi connectivity index (χ2n) is 13.1. The van der Waals surface area contributed by atoms with E-state index in [0.29, 0.717) is 5.92 Å². The van der Waals surface area contributed by atoms with E-state index in [-0.39, 0.29) is 16.9 Å². The van der Waals surface area contributed by atoms with Gasteiger partial charge in [-0.05, 0) is 76.9 Å². The molecule has 0 spiro atoms. The number of aliphatic hydroxyl groups excluding tert-OH is 1. The van der Waals surface area contributed by atoms with E-state index in [1.165, 1.54) is 51.0 Å². The van der Waals surface area contributed by atoms with Crippen molar-refractivity contribution in [2.24, 2.45) is 16.7 Å². The summed E-state index contributed by atoms with van der Waals surface area (Å²) in [5.74, 6) is 0.703. The van der Waals surface area contributed by atoms with Crippen molar-refractivity contribution in [2.75, 3.05) is 0 Å². The fraction of sp³-hybridized carbons (Fsp3) is 0.436. The SMILES string of the molecule is CC1=C(/C=C/C(C)=C/C=C/C(C)=C/C=C/C=C(C)/C=C/C=C(C)/C=C/C2=C(C)C[C@@H](O)C2(C)C)C(C)(C)[C@H](C)C1. The lowest BCUT2D eigenvalue weighted by Crippen LogP contribution is -2.25. The van der Waals surface area contributed by atoms with Gasteiger partial charge >= 0.3 is 0 Å². The molecular weight excluding hydrogens is 484 g/mol. The van der Waals surface area contributed by atoms with Crippen LogP contribution < -0.4 is 0 Å². The lowest BCUT2D eigenvalue weighted by molar-refractivity contribution is 0.0920. The molecule has 0 aliphatic heterocycles. The number of hydrogen-bond acceptors (Lipinski definition) is 1. The number of aliphatic hydroxyl groups is 1. The highest BCUT2D eigenvalue weighted by molar-refractivity contribution is 5.41. The first kappa shape index (κ1) is 33.3. The van der Waals surface area contributed by atoms with Gasteiger partial charge in [0.15, 0.2) is 0 Å². The Morgan fingerprint density at radius 2 is 0.975 bits per heavy atom. The van der Waals surface area contributed by atoms with Gasteiger partial charge in [-0.2, -0.15) is 0 Å². The smallest absolute Gasteiger partial charge is 0.0668 e. The fourth-order valence-corrected chi connectivity index (χ4v) is 5.51. The van der Waals surface area contributed by atoms with Gasteiger partial charge in [-0.25, -0.2) is 0 Å². The molecule has 0 unspecified atom stereocenters. The van der Waals surface area contributed by atoms with Gasteiger partial charge in [-0.1, -0.05) is 153 Å². The van der Waals surface area contributed by atoms with Gasteiger partial charge in [0.25, 0.3) is 0 Å². The first-order chi connectivity index (χ1) is 18.7. The van der Waals surface area contributed by atoms with Crippen molar-refractivity contribution >= 4 is 0 Å². The van der Waals surface area contributed by atoms with Crippen LogP contribution in [0.5, 0.6) is 0 Å². The average molecular weight is 539 g/mol. The largest absolute Gasteiger partial charge is 0.392 e. The molecule has 0 heterocycles. The van der Waals surface area contributed by atoms with Gasteiger partial charge in [0.2, 0.25) is 0 Å². The summed E-state index contributed by atoms with van der Waals surface area (Å²) in [7, 11) is 0. The van der Waals surface area contributed by atoms with Crippen molar-refractivity contribution < 1.29 is 5.11 Å². The minimum atomic E-state index is -0.291. The van der Waals surface area contributed by atoms with Gasteiger partial charge in [-0.15, -0.1) is 0 Å². The normalized spacial score (nSPS) is 25.1. The van der Waals surface area contributed by atoms with E-state index in [2.05, 4.69) is 161 Å². The molecule has 0 fully saturated rings. The van der Waals surface area contributed by atoms with E-state index >= 15 is 0 Å². The molecule has 2 aliphatic carbocycles. The van der Waals surface area contributed by atoms with Crippen LogP contribution in [0.2, 0.25) is 0 Å². The van der Waals surface area contributed by atoms with Crippen molar-refractivity contribution in [1.29, 1.82) is 0 Å². The highest BCUT2D eigenvalue weighted by Gasteiger charge is 2.37. The Bertz CT molecular complexity index is 1150. The average Bonchev–Trinajstić information content (AvgIpc) is 3.18. The summed E-state index contributed by atoms with van der Waals surface area (Å²) >= 11 is 0. The zero-order valence-corrected chi connectivity index (χ0v) is 27.1. The predicted molar refractivity (Wildman–Crippen MR) is 178 cm³/mol. The van der Waals surface area contributed by atoms with Crippen LogP contribution in [0.15, 0.2) is 130 Å². The quantitative estimate of drug-likeness (QED) is 0.274. The molecule has 0 saturated carbocycles. The fourth-order valence-electron chi connectivity index (χ4n) is 5.51. The van der Waals surface area contributed by atoms with E-state index in [1.807, 2.05) is 0 Å². The lowest BCUT2D eigenvalue weighted by atomic mass is 9.78. The Morgan fingerprint density at radius 3 is 1.35 bits per heavy atom. The van der Waals surface area contributed by atoms with Crippen LogP contribution in [0, 0.1) is 16.7 Å². The van der Waals surface area contributed by atoms with Gasteiger partial charge in [0.05, 0.1) is 6.10 Å². The molecule has 216 valence electrons. The van der Waals surface area contributed by atoms with Gasteiger partial charge in [0.1, 0.15) is 0 Å². The molecule has 1 N–H and O–H groups in total. The van der Waals surface area contributed by atoms with Crippen LogP contribution in [-0.4, -0.2) is 11.2 Å². The van der Waals surface area contributed by atoms with Crippen LogP contribution in [-0.2, 0) is 0 Å². The van der Waals surface area contributed by atoms with E-state index in [9.17, 15) is 5.11 Å². The molecule has 1 nitrogen and oxygen atoms in total. The van der Waals surface area contributed by atoms with Crippen molar-refractivity contribution in [3.05, 3.63) is 130 Å². The van der Waals surface area contributed by atoms with Crippen LogP contribution in [0.4, 0.5) is 0 Å². The summed E-state index contributed by atoms with van der Waals surface area (Å²) < 4.78 is 0. The van der Waals surface area contributed by atoms with Crippen LogP contribution >= 0.6 is 0 Å². The van der Waals surface area contributed by atoms with Crippen molar-refractivity contribution in [1.82, 2.24) is 0 Å². The molecule has 2 rings (SSSR count). The molecule has 40 heavy (non-hydrogen) atoms. The summed E-state index contributed by atoms with van der Waals surface area (Å²) in [6, 6.07) is 0. The second kappa shape index (κ2) is 14.6. The summed E-state index contributed by atoms with van der Waals surface area (Å²) in [4.78, 5) is 0. The van der Waals surface area contributed by atoms with E-state index in [1.54, 1.807) is 0 Å². The molecule has 1 heteroatoms. The number of hydrogen-bond donors (Lipinski definition) is 1. The highest BCUT2D eigenvalue weighted by atomic mass is 16.3. The molecule has 2 aliphatic rings. The van der Waals surface area contributed by atoms with Gasteiger partial charge < -0.3 is 5.11 Å². The molecule has 2 atom stereocenters. The minimum absolute atomic E-state index is 0.180. The van der Waals surface area contributed by atoms with Crippen molar-refractivity contribution in [2.45, 2.75) is 95.1 Å². The maximum absolute atomic E-state index is 10.3. The maximum atomic E-state index is 10.3. The maximum Gasteiger partial charge on any atom is 0.0668 e. The van der Waals surface area contributed by atoms with E-state index < -0.39 is 0 Å². The molecule has 0 amide bonds. The van der Waals surface area contributed by atoms with Crippen LogP contribution in [0.1, 0.15) is 89.0 Å². The minimum Gasteiger partial charge on any atom is -0.392 e. The summed E-state index contributed by atoms with van der Waals surface area (Å²) in [5.41, 5.74) is 10.5. The number of allylic oxidation sites excluding steroid dienone is 20. The standard InChI is InChI=1S/C39H54O/c1-28(18-14-20-30(3)22-24-35-32(5)26-34(7)38(35,8)9)16-12-13-17-29(2)19-15-21-31(4)23-25-36-33(6)27-37(40)39(36,10)11/h12-25,34,37,40H,26-27H2,1-11H3/b13-12+,18-14+,19-15+,24-22+,25-23+,28-16+,29-17+,30-20+,31-21+/t34-,37-/m1/s1. The zero-order chi connectivity index (χ0) is 30.1. The molecule has 0 aromatic carbocycles. The summed E-state index contributed by atoms with van der Waals surface area (Å²) in [6.45, 7) is 24.2. The predicted octanol–water partition coefficient (Wildman–Crippen LogP) is 11.0. The molecule has 0 bridgehead atoms. The monoisotopic (exact) mass is 538 g/mol. The molecule has 0 saturated heterocycles. The van der Waals surface area contributed by atoms with Gasteiger partial charge in [-0.3, -0.25) is 0 Å². The highest BCUT2D eigenvalue weighted by Crippen LogP contribution is 2.47. The Labute approximate surface area is 246 Å². The van der Waals surface area contributed by atoms with Crippen LogP contribution in [0.25, 0.3) is 0 Å². The molecule has 0 aromatic heterocycles. The molecular formula is C39H54O. The lowest BCUT2D eigenvalue weighted by Gasteiger charge is -2.26. The third-order valence-corrected chi connectivity index (χ3v) is 8.78. The van der Waals surface area contributed by atoms with Gasteiger partial charge in [0, 0.05) is 5.41 Å². The molecule has 0 aromatic rings. The Morgan fingerprint density at radius 1 is 0.600 bits per heavy atom. The zero-order valence-electron chi connectivity index (χ0n) is 27.1. The first-order valence-corrected chi connectivity index (χ1v) is 14.8. The topological polar surface area (TPSA) is 20.2 Å². The number of rotatable bonds is 10. The van der Waals surface area contributed by atoms with Crippen molar-refractivity contribution in [3.63, 3.8) is 0 Å². The first-order valence-electron chi connectivity index (χ1n) is 14.8. The Kier molecular flexibility index (Phi) is 12.2. The molecule has 0 radical (unpaired) electrons.